The van der Waals surface area contributed by atoms with Gasteiger partial charge in [0.2, 0.25) is 0 Å². The van der Waals surface area contributed by atoms with E-state index in [4.69, 9.17) is 13.9 Å². The standard InChI is InChI=1S/C18H36O4Si/c1-18(2,3)23(4,5)21-13-7-8-15-14(19)10-11-16-17(22-15)9-6-12-20-16/h14-17,19H,6-13H2,1-5H3/t14-,15+,16+,17-/m0/s1. The van der Waals surface area contributed by atoms with Gasteiger partial charge in [-0.3, -0.25) is 0 Å². The molecule has 23 heavy (non-hydrogen) atoms. The third kappa shape index (κ3) is 5.26. The molecule has 0 amide bonds. The molecule has 5 heteroatoms. The summed E-state index contributed by atoms with van der Waals surface area (Å²) in [6, 6.07) is 0. The molecule has 2 fully saturated rings. The largest absolute Gasteiger partial charge is 0.417 e. The summed E-state index contributed by atoms with van der Waals surface area (Å²) in [6.07, 6.45) is 5.60. The van der Waals surface area contributed by atoms with E-state index in [0.717, 1.165) is 51.7 Å². The fourth-order valence-corrected chi connectivity index (χ4v) is 4.25. The molecule has 0 aromatic rings. The molecule has 2 aliphatic heterocycles. The average Bonchev–Trinajstić information content (AvgIpc) is 2.62. The lowest BCUT2D eigenvalue weighted by Crippen LogP contribution is -2.41. The van der Waals surface area contributed by atoms with Gasteiger partial charge in [-0.05, 0) is 56.7 Å². The van der Waals surface area contributed by atoms with Gasteiger partial charge >= 0.3 is 0 Å². The summed E-state index contributed by atoms with van der Waals surface area (Å²) in [5.41, 5.74) is 0. The van der Waals surface area contributed by atoms with E-state index in [1.165, 1.54) is 0 Å². The molecule has 0 radical (unpaired) electrons. The number of aliphatic hydroxyl groups is 1. The SMILES string of the molecule is CC(C)(C)[Si](C)(C)OCCC[C@H]1O[C@H]2CCCO[C@@H]2CC[C@@H]1O. The molecule has 4 atom stereocenters. The van der Waals surface area contributed by atoms with Crippen LogP contribution in [0.1, 0.15) is 59.3 Å². The molecule has 2 aliphatic rings. The van der Waals surface area contributed by atoms with E-state index < -0.39 is 8.32 Å². The van der Waals surface area contributed by atoms with E-state index in [9.17, 15) is 5.11 Å². The molecule has 2 rings (SSSR count). The predicted octanol–water partition coefficient (Wildman–Crippen LogP) is 3.88. The van der Waals surface area contributed by atoms with E-state index in [1.54, 1.807) is 0 Å². The second kappa shape index (κ2) is 7.96. The second-order valence-corrected chi connectivity index (χ2v) is 13.5. The van der Waals surface area contributed by atoms with E-state index in [2.05, 4.69) is 33.9 Å². The second-order valence-electron chi connectivity index (χ2n) is 8.66. The summed E-state index contributed by atoms with van der Waals surface area (Å²) in [6.45, 7) is 13.0. The molecule has 2 heterocycles. The van der Waals surface area contributed by atoms with Gasteiger partial charge in [-0.2, -0.15) is 0 Å². The summed E-state index contributed by atoms with van der Waals surface area (Å²) in [7, 11) is -1.67. The molecule has 2 saturated heterocycles. The highest BCUT2D eigenvalue weighted by molar-refractivity contribution is 6.74. The number of ether oxygens (including phenoxy) is 2. The molecule has 0 saturated carbocycles. The number of aliphatic hydroxyl groups excluding tert-OH is 1. The molecule has 0 aromatic heterocycles. The highest BCUT2D eigenvalue weighted by Crippen LogP contribution is 2.36. The van der Waals surface area contributed by atoms with E-state index in [1.807, 2.05) is 0 Å². The number of fused-ring (bicyclic) bond motifs is 1. The van der Waals surface area contributed by atoms with Crippen molar-refractivity contribution in [2.75, 3.05) is 13.2 Å². The Kier molecular flexibility index (Phi) is 6.71. The van der Waals surface area contributed by atoms with Crippen LogP contribution in [0, 0.1) is 0 Å². The van der Waals surface area contributed by atoms with Gasteiger partial charge in [0.25, 0.3) is 0 Å². The first-order valence-electron chi connectivity index (χ1n) is 9.30. The van der Waals surface area contributed by atoms with Gasteiger partial charge in [-0.15, -0.1) is 0 Å². The topological polar surface area (TPSA) is 47.9 Å². The van der Waals surface area contributed by atoms with E-state index in [0.29, 0.717) is 0 Å². The molecule has 4 nitrogen and oxygen atoms in total. The van der Waals surface area contributed by atoms with E-state index in [-0.39, 0.29) is 29.5 Å². The Bertz CT molecular complexity index is 367. The van der Waals surface area contributed by atoms with Crippen LogP contribution in [0.5, 0.6) is 0 Å². The molecule has 1 N–H and O–H groups in total. The first kappa shape index (κ1) is 19.4. The lowest BCUT2D eigenvalue weighted by molar-refractivity contribution is -0.135. The van der Waals surface area contributed by atoms with Crippen molar-refractivity contribution < 1.29 is 19.0 Å². The Hall–Kier alpha value is 0.0569. The summed E-state index contributed by atoms with van der Waals surface area (Å²) < 4.78 is 18.3. The van der Waals surface area contributed by atoms with Crippen molar-refractivity contribution in [1.29, 1.82) is 0 Å². The van der Waals surface area contributed by atoms with E-state index >= 15 is 0 Å². The average molecular weight is 345 g/mol. The zero-order valence-corrected chi connectivity index (χ0v) is 16.6. The summed E-state index contributed by atoms with van der Waals surface area (Å²) in [5, 5.41) is 10.6. The number of hydrogen-bond donors (Lipinski definition) is 1. The molecular weight excluding hydrogens is 308 g/mol. The van der Waals surface area contributed by atoms with Gasteiger partial charge in [0.15, 0.2) is 8.32 Å². The molecule has 0 bridgehead atoms. The molecule has 0 unspecified atom stereocenters. The Morgan fingerprint density at radius 1 is 1.13 bits per heavy atom. The van der Waals surface area contributed by atoms with Crippen LogP contribution < -0.4 is 0 Å². The van der Waals surface area contributed by atoms with Crippen LogP contribution in [-0.4, -0.2) is 51.1 Å². The van der Waals surface area contributed by atoms with Crippen molar-refractivity contribution in [3.8, 4) is 0 Å². The Balaban J connectivity index is 1.78. The van der Waals surface area contributed by atoms with Gasteiger partial charge in [0, 0.05) is 13.2 Å². The number of hydrogen-bond acceptors (Lipinski definition) is 4. The molecule has 136 valence electrons. The third-order valence-corrected chi connectivity index (χ3v) is 10.3. The van der Waals surface area contributed by atoms with Crippen LogP contribution in [-0.2, 0) is 13.9 Å². The van der Waals surface area contributed by atoms with Crippen LogP contribution in [0.3, 0.4) is 0 Å². The molecule has 0 spiro atoms. The summed E-state index contributed by atoms with van der Waals surface area (Å²) in [5.74, 6) is 0. The minimum atomic E-state index is -1.67. The minimum absolute atomic E-state index is 0.0604. The lowest BCUT2D eigenvalue weighted by Gasteiger charge is -2.36. The highest BCUT2D eigenvalue weighted by Gasteiger charge is 2.38. The van der Waals surface area contributed by atoms with Crippen molar-refractivity contribution >= 4 is 8.32 Å². The summed E-state index contributed by atoms with van der Waals surface area (Å²) >= 11 is 0. The van der Waals surface area contributed by atoms with Crippen molar-refractivity contribution in [2.24, 2.45) is 0 Å². The summed E-state index contributed by atoms with van der Waals surface area (Å²) in [4.78, 5) is 0. The van der Waals surface area contributed by atoms with Gasteiger partial charge in [-0.1, -0.05) is 20.8 Å². The normalized spacial score (nSPS) is 33.1. The smallest absolute Gasteiger partial charge is 0.191 e. The quantitative estimate of drug-likeness (QED) is 0.607. The number of rotatable bonds is 5. The van der Waals surface area contributed by atoms with Gasteiger partial charge in [-0.25, -0.2) is 0 Å². The zero-order chi connectivity index (χ0) is 17.1. The monoisotopic (exact) mass is 344 g/mol. The highest BCUT2D eigenvalue weighted by atomic mass is 28.4. The Morgan fingerprint density at radius 3 is 2.57 bits per heavy atom. The van der Waals surface area contributed by atoms with Crippen molar-refractivity contribution in [3.05, 3.63) is 0 Å². The lowest BCUT2D eigenvalue weighted by atomic mass is 10.0. The van der Waals surface area contributed by atoms with Crippen LogP contribution in [0.25, 0.3) is 0 Å². The van der Waals surface area contributed by atoms with Gasteiger partial charge in [0.05, 0.1) is 24.4 Å². The maximum atomic E-state index is 10.4. The van der Waals surface area contributed by atoms with Crippen LogP contribution in [0.4, 0.5) is 0 Å². The molecular formula is C18H36O4Si. The predicted molar refractivity (Wildman–Crippen MR) is 95.3 cm³/mol. The zero-order valence-electron chi connectivity index (χ0n) is 15.6. The first-order chi connectivity index (χ1) is 10.7. The fraction of sp³-hybridized carbons (Fsp3) is 1.00. The van der Waals surface area contributed by atoms with Gasteiger partial charge < -0.3 is 19.0 Å². The first-order valence-corrected chi connectivity index (χ1v) is 12.2. The van der Waals surface area contributed by atoms with Crippen molar-refractivity contribution in [3.63, 3.8) is 0 Å². The fourth-order valence-electron chi connectivity index (χ4n) is 3.16. The Labute approximate surface area is 143 Å². The van der Waals surface area contributed by atoms with Crippen LogP contribution in [0.15, 0.2) is 0 Å². The minimum Gasteiger partial charge on any atom is -0.417 e. The maximum absolute atomic E-state index is 10.4. The van der Waals surface area contributed by atoms with Crippen LogP contribution >= 0.6 is 0 Å². The Morgan fingerprint density at radius 2 is 1.87 bits per heavy atom. The van der Waals surface area contributed by atoms with Crippen molar-refractivity contribution in [1.82, 2.24) is 0 Å². The molecule has 0 aromatic carbocycles. The van der Waals surface area contributed by atoms with Gasteiger partial charge in [0.1, 0.15) is 0 Å². The molecule has 0 aliphatic carbocycles. The maximum Gasteiger partial charge on any atom is 0.191 e. The third-order valence-electron chi connectivity index (χ3n) is 5.81. The van der Waals surface area contributed by atoms with Crippen molar-refractivity contribution in [2.45, 2.75) is 102 Å². The van der Waals surface area contributed by atoms with Crippen LogP contribution in [0.2, 0.25) is 18.1 Å².